The van der Waals surface area contributed by atoms with Crippen LogP contribution < -0.4 is 0 Å². The van der Waals surface area contributed by atoms with Crippen molar-refractivity contribution in [3.8, 4) is 0 Å². The lowest BCUT2D eigenvalue weighted by Crippen LogP contribution is -2.13. The van der Waals surface area contributed by atoms with Crippen molar-refractivity contribution < 1.29 is 8.42 Å². The molecule has 2 nitrogen and oxygen atoms in total. The molecule has 1 aliphatic heterocycles. The Morgan fingerprint density at radius 2 is 1.93 bits per heavy atom. The second kappa shape index (κ2) is 3.09. The molecule has 0 aromatic heterocycles. The van der Waals surface area contributed by atoms with Crippen molar-refractivity contribution in [3.63, 3.8) is 0 Å². The Kier molecular flexibility index (Phi) is 2.14. The topological polar surface area (TPSA) is 34.1 Å². The summed E-state index contributed by atoms with van der Waals surface area (Å²) in [6, 6.07) is 7.66. The first-order valence-corrected chi connectivity index (χ1v) is 6.53. The van der Waals surface area contributed by atoms with Crippen LogP contribution in [0.25, 0.3) is 0 Å². The summed E-state index contributed by atoms with van der Waals surface area (Å²) in [5.74, 6) is 0.370. The van der Waals surface area contributed by atoms with Gasteiger partial charge in [-0.25, -0.2) is 8.42 Å². The SMILES string of the molecule is CC(C)C1c2ccccc2CS1(=O)=O. The highest BCUT2D eigenvalue weighted by Gasteiger charge is 2.37. The molecular formula is C11H14O2S. The van der Waals surface area contributed by atoms with Gasteiger partial charge in [0.1, 0.15) is 0 Å². The van der Waals surface area contributed by atoms with E-state index >= 15 is 0 Å². The minimum Gasteiger partial charge on any atom is -0.228 e. The van der Waals surface area contributed by atoms with E-state index in [2.05, 4.69) is 0 Å². The minimum atomic E-state index is -2.95. The van der Waals surface area contributed by atoms with E-state index in [0.717, 1.165) is 11.1 Å². The summed E-state index contributed by atoms with van der Waals surface area (Å²) in [5.41, 5.74) is 1.98. The Labute approximate surface area is 84.9 Å². The van der Waals surface area contributed by atoms with Crippen LogP contribution in [0.3, 0.4) is 0 Å². The Morgan fingerprint density at radius 3 is 2.57 bits per heavy atom. The molecule has 0 fully saturated rings. The van der Waals surface area contributed by atoms with E-state index in [9.17, 15) is 8.42 Å². The van der Waals surface area contributed by atoms with Crippen LogP contribution in [0.15, 0.2) is 24.3 Å². The molecule has 1 atom stereocenters. The third-order valence-electron chi connectivity index (χ3n) is 2.71. The van der Waals surface area contributed by atoms with E-state index in [0.29, 0.717) is 0 Å². The number of hydrogen-bond donors (Lipinski definition) is 0. The zero-order valence-corrected chi connectivity index (χ0v) is 9.21. The van der Waals surface area contributed by atoms with Gasteiger partial charge in [0.15, 0.2) is 9.84 Å². The quantitative estimate of drug-likeness (QED) is 0.712. The van der Waals surface area contributed by atoms with Crippen molar-refractivity contribution in [3.05, 3.63) is 35.4 Å². The van der Waals surface area contributed by atoms with Gasteiger partial charge in [-0.05, 0) is 17.0 Å². The maximum Gasteiger partial charge on any atom is 0.161 e. The maximum absolute atomic E-state index is 11.9. The predicted octanol–water partition coefficient (Wildman–Crippen LogP) is 2.31. The van der Waals surface area contributed by atoms with Gasteiger partial charge in [0.25, 0.3) is 0 Å². The largest absolute Gasteiger partial charge is 0.228 e. The van der Waals surface area contributed by atoms with Gasteiger partial charge < -0.3 is 0 Å². The lowest BCUT2D eigenvalue weighted by Gasteiger charge is -2.14. The molecule has 1 aliphatic rings. The molecule has 0 saturated carbocycles. The van der Waals surface area contributed by atoms with E-state index in [1.807, 2.05) is 38.1 Å². The van der Waals surface area contributed by atoms with Crippen LogP contribution in [0.1, 0.15) is 30.2 Å². The summed E-state index contributed by atoms with van der Waals surface area (Å²) in [5, 5.41) is -0.293. The van der Waals surface area contributed by atoms with Gasteiger partial charge in [-0.2, -0.15) is 0 Å². The van der Waals surface area contributed by atoms with Gasteiger partial charge in [0.2, 0.25) is 0 Å². The summed E-state index contributed by atoms with van der Waals surface area (Å²) >= 11 is 0. The van der Waals surface area contributed by atoms with E-state index < -0.39 is 9.84 Å². The zero-order valence-electron chi connectivity index (χ0n) is 8.40. The van der Waals surface area contributed by atoms with Crippen LogP contribution in [0.2, 0.25) is 0 Å². The van der Waals surface area contributed by atoms with Crippen LogP contribution in [0.4, 0.5) is 0 Å². The molecule has 0 bridgehead atoms. The van der Waals surface area contributed by atoms with Crippen molar-refractivity contribution in [2.45, 2.75) is 24.9 Å². The van der Waals surface area contributed by atoms with Crippen LogP contribution in [0.5, 0.6) is 0 Å². The minimum absolute atomic E-state index is 0.156. The van der Waals surface area contributed by atoms with Crippen molar-refractivity contribution in [1.82, 2.24) is 0 Å². The van der Waals surface area contributed by atoms with Crippen molar-refractivity contribution >= 4 is 9.84 Å². The molecule has 76 valence electrons. The highest BCUT2D eigenvalue weighted by atomic mass is 32.2. The van der Waals surface area contributed by atoms with Gasteiger partial charge >= 0.3 is 0 Å². The maximum atomic E-state index is 11.9. The first-order valence-electron chi connectivity index (χ1n) is 4.82. The van der Waals surface area contributed by atoms with Crippen molar-refractivity contribution in [2.24, 2.45) is 5.92 Å². The van der Waals surface area contributed by atoms with Gasteiger partial charge in [-0.3, -0.25) is 0 Å². The zero-order chi connectivity index (χ0) is 10.3. The average molecular weight is 210 g/mol. The monoisotopic (exact) mass is 210 g/mol. The number of fused-ring (bicyclic) bond motifs is 1. The molecule has 0 radical (unpaired) electrons. The molecule has 0 saturated heterocycles. The molecule has 1 heterocycles. The summed E-state index contributed by atoms with van der Waals surface area (Å²) in [6.45, 7) is 3.93. The number of hydrogen-bond acceptors (Lipinski definition) is 2. The average Bonchev–Trinajstić information content (AvgIpc) is 2.33. The predicted molar refractivity (Wildman–Crippen MR) is 56.6 cm³/mol. The number of benzene rings is 1. The molecule has 1 aromatic carbocycles. The van der Waals surface area contributed by atoms with E-state index in [1.54, 1.807) is 0 Å². The smallest absolute Gasteiger partial charge is 0.161 e. The lowest BCUT2D eigenvalue weighted by atomic mass is 9.99. The highest BCUT2D eigenvalue weighted by molar-refractivity contribution is 7.91. The normalized spacial score (nSPS) is 23.8. The van der Waals surface area contributed by atoms with Crippen LogP contribution in [-0.2, 0) is 15.6 Å². The third-order valence-corrected chi connectivity index (χ3v) is 5.00. The summed E-state index contributed by atoms with van der Waals surface area (Å²) in [6.07, 6.45) is 0. The van der Waals surface area contributed by atoms with Crippen LogP contribution in [0, 0.1) is 5.92 Å². The van der Waals surface area contributed by atoms with Crippen molar-refractivity contribution in [1.29, 1.82) is 0 Å². The standard InChI is InChI=1S/C11H14O2S/c1-8(2)11-10-6-4-3-5-9(10)7-14(11,12)13/h3-6,8,11H,7H2,1-2H3. The second-order valence-corrected chi connectivity index (χ2v) is 6.29. The molecule has 0 spiro atoms. The number of rotatable bonds is 1. The van der Waals surface area contributed by atoms with Crippen LogP contribution in [-0.4, -0.2) is 8.42 Å². The highest BCUT2D eigenvalue weighted by Crippen LogP contribution is 2.40. The summed E-state index contributed by atoms with van der Waals surface area (Å²) < 4.78 is 23.7. The fraction of sp³-hybridized carbons (Fsp3) is 0.455. The van der Waals surface area contributed by atoms with Gasteiger partial charge in [-0.1, -0.05) is 38.1 Å². The molecule has 0 N–H and O–H groups in total. The summed E-state index contributed by atoms with van der Waals surface area (Å²) in [7, 11) is -2.95. The van der Waals surface area contributed by atoms with Gasteiger partial charge in [0, 0.05) is 0 Å². The first-order chi connectivity index (χ1) is 6.52. The van der Waals surface area contributed by atoms with E-state index in [4.69, 9.17) is 0 Å². The molecule has 14 heavy (non-hydrogen) atoms. The van der Waals surface area contributed by atoms with E-state index in [-0.39, 0.29) is 16.9 Å². The molecular weight excluding hydrogens is 196 g/mol. The summed E-state index contributed by atoms with van der Waals surface area (Å²) in [4.78, 5) is 0. The van der Waals surface area contributed by atoms with Gasteiger partial charge in [-0.15, -0.1) is 0 Å². The Balaban J connectivity index is 2.59. The molecule has 1 aromatic rings. The fourth-order valence-corrected chi connectivity index (χ4v) is 4.54. The molecule has 3 heteroatoms. The fourth-order valence-electron chi connectivity index (χ4n) is 2.22. The molecule has 0 amide bonds. The number of sulfone groups is 1. The Morgan fingerprint density at radius 1 is 1.29 bits per heavy atom. The van der Waals surface area contributed by atoms with Gasteiger partial charge in [0.05, 0.1) is 11.0 Å². The van der Waals surface area contributed by atoms with Crippen LogP contribution >= 0.6 is 0 Å². The Bertz CT molecular complexity index is 446. The lowest BCUT2D eigenvalue weighted by molar-refractivity contribution is 0.548. The molecule has 0 aliphatic carbocycles. The van der Waals surface area contributed by atoms with E-state index in [1.165, 1.54) is 0 Å². The molecule has 1 unspecified atom stereocenters. The first kappa shape index (κ1) is 9.71. The third kappa shape index (κ3) is 1.36. The van der Waals surface area contributed by atoms with Crippen molar-refractivity contribution in [2.75, 3.05) is 0 Å². The molecule has 2 rings (SSSR count). The second-order valence-electron chi connectivity index (χ2n) is 4.17. The Hall–Kier alpha value is -0.830.